The predicted molar refractivity (Wildman–Crippen MR) is 105 cm³/mol. The van der Waals surface area contributed by atoms with E-state index in [4.69, 9.17) is 29.8 Å². The molecule has 3 rings (SSSR count). The highest BCUT2D eigenvalue weighted by atomic mass is 16.7. The number of nitrogens with one attached hydrogen (secondary N) is 1. The van der Waals surface area contributed by atoms with E-state index in [1.807, 2.05) is 30.4 Å². The molecule has 0 aromatic heterocycles. The van der Waals surface area contributed by atoms with Crippen LogP contribution < -0.4 is 30.0 Å². The molecule has 8 heteroatoms. The predicted octanol–water partition coefficient (Wildman–Crippen LogP) is 1.86. The number of carbonyl (C=O) groups excluding carboxylic acids is 1. The van der Waals surface area contributed by atoms with Crippen LogP contribution in [0, 0.1) is 0 Å². The van der Waals surface area contributed by atoms with E-state index in [2.05, 4.69) is 5.32 Å². The summed E-state index contributed by atoms with van der Waals surface area (Å²) >= 11 is 0. The van der Waals surface area contributed by atoms with Gasteiger partial charge in [0.05, 0.1) is 26.5 Å². The number of anilines is 1. The number of ether oxygens (including phenoxy) is 4. The summed E-state index contributed by atoms with van der Waals surface area (Å²) in [6, 6.07) is 8.03. The fourth-order valence-corrected chi connectivity index (χ4v) is 2.67. The Balaban J connectivity index is 1.84. The lowest BCUT2D eigenvalue weighted by atomic mass is 10.1. The quantitative estimate of drug-likeness (QED) is 0.623. The van der Waals surface area contributed by atoms with E-state index in [-0.39, 0.29) is 6.79 Å². The van der Waals surface area contributed by atoms with Gasteiger partial charge in [0.1, 0.15) is 11.8 Å². The lowest BCUT2D eigenvalue weighted by Crippen LogP contribution is -2.38. The number of carbonyl (C=O) groups is 1. The van der Waals surface area contributed by atoms with Crippen molar-refractivity contribution >= 4 is 23.7 Å². The minimum atomic E-state index is -1.01. The van der Waals surface area contributed by atoms with E-state index in [0.29, 0.717) is 28.7 Å². The van der Waals surface area contributed by atoms with Crippen molar-refractivity contribution in [2.45, 2.75) is 6.04 Å². The van der Waals surface area contributed by atoms with Crippen molar-refractivity contribution < 1.29 is 28.8 Å². The van der Waals surface area contributed by atoms with E-state index in [1.54, 1.807) is 19.2 Å². The van der Waals surface area contributed by atoms with Crippen LogP contribution in [0.5, 0.6) is 23.0 Å². The number of methoxy groups -OCH3 is 2. The number of hydrogen-bond donors (Lipinski definition) is 3. The highest BCUT2D eigenvalue weighted by Gasteiger charge is 2.19. The van der Waals surface area contributed by atoms with Gasteiger partial charge in [-0.15, -0.1) is 0 Å². The largest absolute Gasteiger partial charge is 0.495 e. The Labute approximate surface area is 162 Å². The number of fused-ring (bicyclic) bond motifs is 1. The summed E-state index contributed by atoms with van der Waals surface area (Å²) in [4.78, 5) is 12.0. The topological polar surface area (TPSA) is 112 Å². The van der Waals surface area contributed by atoms with Crippen LogP contribution in [0.4, 0.5) is 5.69 Å². The van der Waals surface area contributed by atoms with E-state index >= 15 is 0 Å². The Morgan fingerprint density at radius 2 is 1.93 bits per heavy atom. The number of aliphatic hydroxyl groups is 1. The van der Waals surface area contributed by atoms with E-state index < -0.39 is 18.6 Å². The van der Waals surface area contributed by atoms with Crippen molar-refractivity contribution in [2.75, 3.05) is 32.9 Å². The van der Waals surface area contributed by atoms with Gasteiger partial charge in [-0.3, -0.25) is 4.79 Å². The zero-order chi connectivity index (χ0) is 20.1. The maximum Gasteiger partial charge on any atom is 0.243 e. The summed E-state index contributed by atoms with van der Waals surface area (Å²) in [6.45, 7) is -0.282. The van der Waals surface area contributed by atoms with E-state index in [0.717, 1.165) is 11.1 Å². The molecule has 0 aliphatic carbocycles. The van der Waals surface area contributed by atoms with Crippen molar-refractivity contribution in [3.8, 4) is 23.0 Å². The number of benzene rings is 2. The molecule has 1 amide bonds. The second kappa shape index (κ2) is 8.64. The third-order valence-corrected chi connectivity index (χ3v) is 4.16. The summed E-state index contributed by atoms with van der Waals surface area (Å²) in [5.74, 6) is 1.80. The lowest BCUT2D eigenvalue weighted by Gasteiger charge is -2.13. The van der Waals surface area contributed by atoms with E-state index in [1.165, 1.54) is 7.11 Å². The average molecular weight is 386 g/mol. The number of rotatable bonds is 7. The van der Waals surface area contributed by atoms with Gasteiger partial charge in [0, 0.05) is 0 Å². The number of nitrogens with two attached hydrogens (primary N) is 1. The van der Waals surface area contributed by atoms with Crippen molar-refractivity contribution in [3.05, 3.63) is 41.5 Å². The molecule has 2 aromatic carbocycles. The summed E-state index contributed by atoms with van der Waals surface area (Å²) in [5, 5.41) is 11.7. The molecule has 28 heavy (non-hydrogen) atoms. The van der Waals surface area contributed by atoms with Crippen LogP contribution in [0.2, 0.25) is 0 Å². The van der Waals surface area contributed by atoms with Gasteiger partial charge in [-0.2, -0.15) is 0 Å². The monoisotopic (exact) mass is 386 g/mol. The molecule has 0 fully saturated rings. The van der Waals surface area contributed by atoms with Crippen LogP contribution >= 0.6 is 0 Å². The Kier molecular flexibility index (Phi) is 6.03. The first-order valence-corrected chi connectivity index (χ1v) is 8.56. The SMILES string of the molecule is COc1ccc(/C=C\c2cc(OC)c3c(c2)OCO3)cc1NC(=O)C(N)CO. The van der Waals surface area contributed by atoms with Gasteiger partial charge in [0.2, 0.25) is 18.4 Å². The normalized spacial score (nSPS) is 13.4. The number of hydrogen-bond acceptors (Lipinski definition) is 7. The molecule has 0 saturated heterocycles. The first-order valence-electron chi connectivity index (χ1n) is 8.56. The Bertz CT molecular complexity index is 897. The molecule has 1 aliphatic heterocycles. The number of amides is 1. The average Bonchev–Trinajstić information content (AvgIpc) is 3.19. The lowest BCUT2D eigenvalue weighted by molar-refractivity contribution is -0.118. The molecule has 0 saturated carbocycles. The molecule has 1 unspecified atom stereocenters. The molecule has 0 radical (unpaired) electrons. The molecule has 0 spiro atoms. The van der Waals surface area contributed by atoms with Crippen molar-refractivity contribution in [1.82, 2.24) is 0 Å². The van der Waals surface area contributed by atoms with Gasteiger partial charge in [0.25, 0.3) is 0 Å². The van der Waals surface area contributed by atoms with Gasteiger partial charge in [-0.25, -0.2) is 0 Å². The van der Waals surface area contributed by atoms with Crippen LogP contribution in [0.25, 0.3) is 12.2 Å². The van der Waals surface area contributed by atoms with Gasteiger partial charge in [0.15, 0.2) is 11.5 Å². The highest BCUT2D eigenvalue weighted by molar-refractivity contribution is 5.96. The first-order chi connectivity index (χ1) is 13.5. The molecule has 2 aromatic rings. The van der Waals surface area contributed by atoms with Crippen LogP contribution in [0.1, 0.15) is 11.1 Å². The highest BCUT2D eigenvalue weighted by Crippen LogP contribution is 2.42. The summed E-state index contributed by atoms with van der Waals surface area (Å²) in [5.41, 5.74) is 7.70. The van der Waals surface area contributed by atoms with E-state index in [9.17, 15) is 4.79 Å². The zero-order valence-corrected chi connectivity index (χ0v) is 15.6. The molecule has 1 aliphatic rings. The second-order valence-electron chi connectivity index (χ2n) is 6.03. The summed E-state index contributed by atoms with van der Waals surface area (Å²) < 4.78 is 21.4. The Morgan fingerprint density at radius 3 is 2.64 bits per heavy atom. The standard InChI is InChI=1S/C20H22N2O6/c1-25-16-6-5-12(7-15(16)22-20(24)14(21)10-23)3-4-13-8-17(26-2)19-18(9-13)27-11-28-19/h3-9,14,23H,10-11,21H2,1-2H3,(H,22,24)/b4-3-. The van der Waals surface area contributed by atoms with Crippen LogP contribution in [0.15, 0.2) is 30.3 Å². The van der Waals surface area contributed by atoms with Gasteiger partial charge in [-0.1, -0.05) is 18.2 Å². The molecule has 8 nitrogen and oxygen atoms in total. The maximum absolute atomic E-state index is 12.0. The molecule has 1 atom stereocenters. The molecule has 4 N–H and O–H groups in total. The molecule has 148 valence electrons. The van der Waals surface area contributed by atoms with Crippen LogP contribution in [-0.4, -0.2) is 44.7 Å². The summed E-state index contributed by atoms with van der Waals surface area (Å²) in [6.07, 6.45) is 3.76. The molecule has 1 heterocycles. The van der Waals surface area contributed by atoms with Crippen molar-refractivity contribution in [1.29, 1.82) is 0 Å². The number of aliphatic hydroxyl groups excluding tert-OH is 1. The minimum absolute atomic E-state index is 0.163. The fourth-order valence-electron chi connectivity index (χ4n) is 2.67. The van der Waals surface area contributed by atoms with Crippen molar-refractivity contribution in [3.63, 3.8) is 0 Å². The Morgan fingerprint density at radius 1 is 1.18 bits per heavy atom. The third-order valence-electron chi connectivity index (χ3n) is 4.16. The maximum atomic E-state index is 12.0. The minimum Gasteiger partial charge on any atom is -0.495 e. The molecular formula is C20H22N2O6. The smallest absolute Gasteiger partial charge is 0.243 e. The molecule has 0 bridgehead atoms. The fraction of sp³-hybridized carbons (Fsp3) is 0.250. The van der Waals surface area contributed by atoms with Crippen LogP contribution in [-0.2, 0) is 4.79 Å². The Hall–Kier alpha value is -3.23. The molecular weight excluding hydrogens is 364 g/mol. The zero-order valence-electron chi connectivity index (χ0n) is 15.6. The van der Waals surface area contributed by atoms with Crippen LogP contribution in [0.3, 0.4) is 0 Å². The van der Waals surface area contributed by atoms with Crippen molar-refractivity contribution in [2.24, 2.45) is 5.73 Å². The summed E-state index contributed by atoms with van der Waals surface area (Å²) in [7, 11) is 3.08. The second-order valence-corrected chi connectivity index (χ2v) is 6.03. The van der Waals surface area contributed by atoms with Gasteiger partial charge in [-0.05, 0) is 35.4 Å². The third kappa shape index (κ3) is 4.19. The van der Waals surface area contributed by atoms with Gasteiger partial charge >= 0.3 is 0 Å². The first kappa shape index (κ1) is 19.5. The van der Waals surface area contributed by atoms with Gasteiger partial charge < -0.3 is 35.1 Å².